The third-order valence-electron chi connectivity index (χ3n) is 4.44. The van der Waals surface area contributed by atoms with E-state index in [1.54, 1.807) is 0 Å². The second kappa shape index (κ2) is 4.88. The van der Waals surface area contributed by atoms with E-state index in [2.05, 4.69) is 32.3 Å². The van der Waals surface area contributed by atoms with Gasteiger partial charge in [-0.15, -0.1) is 5.10 Å². The van der Waals surface area contributed by atoms with Crippen LogP contribution in [0.15, 0.2) is 0 Å². The van der Waals surface area contributed by atoms with Crippen LogP contribution in [0.4, 0.5) is 5.95 Å². The van der Waals surface area contributed by atoms with Crippen LogP contribution in [-0.2, 0) is 0 Å². The van der Waals surface area contributed by atoms with Gasteiger partial charge in [0, 0.05) is 25.0 Å². The van der Waals surface area contributed by atoms with E-state index < -0.39 is 0 Å². The summed E-state index contributed by atoms with van der Waals surface area (Å²) >= 11 is 0. The Morgan fingerprint density at radius 1 is 1.28 bits per heavy atom. The molecule has 1 aliphatic carbocycles. The fraction of sp³-hybridized carbons (Fsp3) is 0.846. The Bertz CT molecular complexity index is 390. The van der Waals surface area contributed by atoms with Crippen LogP contribution in [0.5, 0.6) is 0 Å². The molecule has 2 aliphatic rings. The number of nitrogens with zero attached hydrogens (tertiary/aromatic N) is 3. The fourth-order valence-corrected chi connectivity index (χ4v) is 2.80. The van der Waals surface area contributed by atoms with E-state index in [1.807, 2.05) is 7.05 Å². The molecule has 5 heteroatoms. The number of H-pyrrole nitrogens is 1. The van der Waals surface area contributed by atoms with E-state index in [-0.39, 0.29) is 0 Å². The van der Waals surface area contributed by atoms with E-state index in [4.69, 9.17) is 0 Å². The maximum atomic E-state index is 4.68. The number of hydrogen-bond donors (Lipinski definition) is 2. The summed E-state index contributed by atoms with van der Waals surface area (Å²) in [6, 6.07) is 0.657. The predicted molar refractivity (Wildman–Crippen MR) is 71.8 cm³/mol. The van der Waals surface area contributed by atoms with E-state index in [0.29, 0.717) is 12.0 Å². The summed E-state index contributed by atoms with van der Waals surface area (Å²) in [5.41, 5.74) is 0. The molecule has 5 nitrogen and oxygen atoms in total. The number of piperidine rings is 1. The first kappa shape index (κ1) is 12.0. The molecule has 3 rings (SSSR count). The van der Waals surface area contributed by atoms with Gasteiger partial charge in [-0.1, -0.05) is 6.92 Å². The van der Waals surface area contributed by atoms with E-state index in [9.17, 15) is 0 Å². The van der Waals surface area contributed by atoms with Gasteiger partial charge >= 0.3 is 0 Å². The maximum Gasteiger partial charge on any atom is 0.244 e. The highest BCUT2D eigenvalue weighted by molar-refractivity contribution is 5.30. The topological polar surface area (TPSA) is 56.8 Å². The molecule has 0 amide bonds. The number of aromatic amines is 1. The van der Waals surface area contributed by atoms with Crippen LogP contribution in [0.1, 0.15) is 44.3 Å². The van der Waals surface area contributed by atoms with Gasteiger partial charge in [-0.05, 0) is 38.6 Å². The van der Waals surface area contributed by atoms with E-state index in [0.717, 1.165) is 30.8 Å². The van der Waals surface area contributed by atoms with Gasteiger partial charge in [0.05, 0.1) is 0 Å². The van der Waals surface area contributed by atoms with Gasteiger partial charge in [0.15, 0.2) is 0 Å². The van der Waals surface area contributed by atoms with Crippen molar-refractivity contribution in [3.8, 4) is 0 Å². The van der Waals surface area contributed by atoms with Crippen LogP contribution in [0, 0.1) is 5.92 Å². The molecule has 1 atom stereocenters. The molecular formula is C13H23N5. The van der Waals surface area contributed by atoms with E-state index in [1.165, 1.54) is 25.7 Å². The molecule has 1 aromatic heterocycles. The molecule has 1 unspecified atom stereocenters. The van der Waals surface area contributed by atoms with Gasteiger partial charge in [-0.2, -0.15) is 4.98 Å². The van der Waals surface area contributed by atoms with Gasteiger partial charge in [0.2, 0.25) is 5.95 Å². The third kappa shape index (κ3) is 2.36. The van der Waals surface area contributed by atoms with Gasteiger partial charge in [-0.3, -0.25) is 5.10 Å². The summed E-state index contributed by atoms with van der Waals surface area (Å²) in [6.45, 7) is 4.37. The van der Waals surface area contributed by atoms with Gasteiger partial charge in [0.1, 0.15) is 5.82 Å². The lowest BCUT2D eigenvalue weighted by atomic mass is 10.1. The molecule has 0 bridgehead atoms. The predicted octanol–water partition coefficient (Wildman–Crippen LogP) is 1.51. The highest BCUT2D eigenvalue weighted by atomic mass is 15.4. The molecule has 2 N–H and O–H groups in total. The molecule has 100 valence electrons. The number of aromatic nitrogens is 3. The Morgan fingerprint density at radius 2 is 2.00 bits per heavy atom. The smallest absolute Gasteiger partial charge is 0.244 e. The zero-order valence-corrected chi connectivity index (χ0v) is 11.3. The number of nitrogens with one attached hydrogen (secondary N) is 2. The van der Waals surface area contributed by atoms with Crippen LogP contribution in [0.3, 0.4) is 0 Å². The van der Waals surface area contributed by atoms with Crippen molar-refractivity contribution in [1.29, 1.82) is 0 Å². The lowest BCUT2D eigenvalue weighted by Gasteiger charge is -2.30. The largest absolute Gasteiger partial charge is 0.339 e. The quantitative estimate of drug-likeness (QED) is 0.849. The number of anilines is 1. The van der Waals surface area contributed by atoms with Crippen molar-refractivity contribution >= 4 is 5.95 Å². The van der Waals surface area contributed by atoms with Crippen molar-refractivity contribution < 1.29 is 0 Å². The lowest BCUT2D eigenvalue weighted by Crippen LogP contribution is -2.41. The molecule has 2 heterocycles. The Labute approximate surface area is 108 Å². The zero-order valence-electron chi connectivity index (χ0n) is 11.3. The summed E-state index contributed by atoms with van der Waals surface area (Å²) in [5, 5.41) is 10.9. The molecule has 0 aromatic carbocycles. The molecule has 0 spiro atoms. The highest BCUT2D eigenvalue weighted by Crippen LogP contribution is 2.41. The molecular weight excluding hydrogens is 226 g/mol. The average Bonchev–Trinajstić information content (AvgIpc) is 3.15. The number of hydrogen-bond acceptors (Lipinski definition) is 4. The van der Waals surface area contributed by atoms with Crippen molar-refractivity contribution in [3.63, 3.8) is 0 Å². The minimum atomic E-state index is 0.543. The van der Waals surface area contributed by atoms with Crippen LogP contribution in [0.25, 0.3) is 0 Å². The van der Waals surface area contributed by atoms with Crippen molar-refractivity contribution in [3.05, 3.63) is 5.82 Å². The second-order valence-electron chi connectivity index (χ2n) is 5.70. The summed E-state index contributed by atoms with van der Waals surface area (Å²) < 4.78 is 0. The van der Waals surface area contributed by atoms with Crippen LogP contribution >= 0.6 is 0 Å². The Balaban J connectivity index is 1.62. The molecule has 0 radical (unpaired) electrons. The van der Waals surface area contributed by atoms with Crippen LogP contribution < -0.4 is 10.2 Å². The Hall–Kier alpha value is -1.10. The molecule has 1 saturated heterocycles. The normalized spacial score (nSPS) is 23.3. The molecule has 2 fully saturated rings. The SMILES string of the molecule is CNC1CCN(c2n[nH]c(C(C)C3CC3)n2)CC1. The molecule has 18 heavy (non-hydrogen) atoms. The van der Waals surface area contributed by atoms with Crippen LogP contribution in [-0.4, -0.2) is 41.4 Å². The molecule has 1 aliphatic heterocycles. The fourth-order valence-electron chi connectivity index (χ4n) is 2.80. The maximum absolute atomic E-state index is 4.68. The molecule has 1 saturated carbocycles. The lowest BCUT2D eigenvalue weighted by molar-refractivity contribution is 0.439. The standard InChI is InChI=1S/C13H23N5/c1-9(10-3-4-10)12-15-13(17-16-12)18-7-5-11(14-2)6-8-18/h9-11,14H,3-8H2,1-2H3,(H,15,16,17). The average molecular weight is 249 g/mol. The first-order valence-corrected chi connectivity index (χ1v) is 7.12. The van der Waals surface area contributed by atoms with Gasteiger partial charge < -0.3 is 10.2 Å². The van der Waals surface area contributed by atoms with Crippen molar-refractivity contribution in [2.75, 3.05) is 25.0 Å². The third-order valence-corrected chi connectivity index (χ3v) is 4.44. The summed E-state index contributed by atoms with van der Waals surface area (Å²) in [4.78, 5) is 6.98. The van der Waals surface area contributed by atoms with Crippen LogP contribution in [0.2, 0.25) is 0 Å². The molecule has 1 aromatic rings. The number of rotatable bonds is 4. The minimum absolute atomic E-state index is 0.543. The second-order valence-corrected chi connectivity index (χ2v) is 5.70. The van der Waals surface area contributed by atoms with Crippen molar-refractivity contribution in [2.24, 2.45) is 5.92 Å². The summed E-state index contributed by atoms with van der Waals surface area (Å²) in [5.74, 6) is 3.34. The van der Waals surface area contributed by atoms with E-state index >= 15 is 0 Å². The van der Waals surface area contributed by atoms with Gasteiger partial charge in [0.25, 0.3) is 0 Å². The van der Waals surface area contributed by atoms with Crippen molar-refractivity contribution in [2.45, 2.75) is 44.6 Å². The van der Waals surface area contributed by atoms with Crippen molar-refractivity contribution in [1.82, 2.24) is 20.5 Å². The summed E-state index contributed by atoms with van der Waals surface area (Å²) in [6.07, 6.45) is 5.06. The zero-order chi connectivity index (χ0) is 12.5. The first-order valence-electron chi connectivity index (χ1n) is 7.12. The first-order chi connectivity index (χ1) is 8.78. The van der Waals surface area contributed by atoms with Gasteiger partial charge in [-0.25, -0.2) is 0 Å². The highest BCUT2D eigenvalue weighted by Gasteiger charge is 2.31. The Kier molecular flexibility index (Phi) is 3.24. The summed E-state index contributed by atoms with van der Waals surface area (Å²) in [7, 11) is 2.04. The Morgan fingerprint density at radius 3 is 2.61 bits per heavy atom. The minimum Gasteiger partial charge on any atom is -0.339 e. The monoisotopic (exact) mass is 249 g/mol.